The molecule has 0 atom stereocenters. The van der Waals surface area contributed by atoms with E-state index in [1.807, 2.05) is 12.1 Å². The van der Waals surface area contributed by atoms with Crippen LogP contribution in [0.5, 0.6) is 11.8 Å². The van der Waals surface area contributed by atoms with Gasteiger partial charge in [0.15, 0.2) is 5.82 Å². The van der Waals surface area contributed by atoms with E-state index in [4.69, 9.17) is 14.2 Å². The van der Waals surface area contributed by atoms with Gasteiger partial charge in [-0.05, 0) is 36.6 Å². The van der Waals surface area contributed by atoms with Crippen molar-refractivity contribution in [3.8, 4) is 11.8 Å². The third-order valence-electron chi connectivity index (χ3n) is 6.11. The first-order valence-corrected chi connectivity index (χ1v) is 11.5. The van der Waals surface area contributed by atoms with Crippen LogP contribution in [0.15, 0.2) is 29.4 Å². The minimum Gasteiger partial charge on any atom is -0.508 e. The summed E-state index contributed by atoms with van der Waals surface area (Å²) in [5, 5.41) is 14.3. The molecule has 2 aliphatic heterocycles. The highest BCUT2D eigenvalue weighted by Gasteiger charge is 2.19. The average molecular weight is 455 g/mol. The van der Waals surface area contributed by atoms with Crippen LogP contribution in [0.1, 0.15) is 17.5 Å². The first-order valence-electron chi connectivity index (χ1n) is 11.5. The van der Waals surface area contributed by atoms with Gasteiger partial charge in [-0.3, -0.25) is 10.3 Å². The molecule has 176 valence electrons. The van der Waals surface area contributed by atoms with Gasteiger partial charge in [-0.15, -0.1) is 0 Å². The maximum Gasteiger partial charge on any atom is 0.320 e. The molecule has 1 aromatic heterocycles. The predicted octanol–water partition coefficient (Wildman–Crippen LogP) is 1.49. The normalized spacial score (nSPS) is 20.1. The van der Waals surface area contributed by atoms with E-state index in [1.54, 1.807) is 12.1 Å². The quantitative estimate of drug-likeness (QED) is 0.602. The Morgan fingerprint density at radius 2 is 1.79 bits per heavy atom. The molecule has 3 aliphatic rings. The van der Waals surface area contributed by atoms with E-state index < -0.39 is 0 Å². The topological polar surface area (TPSA) is 105 Å². The number of morpholine rings is 2. The summed E-state index contributed by atoms with van der Waals surface area (Å²) in [6.07, 6.45) is 1.68. The number of aromatic hydroxyl groups is 1. The van der Waals surface area contributed by atoms with Crippen LogP contribution in [0.2, 0.25) is 0 Å². The van der Waals surface area contributed by atoms with Gasteiger partial charge >= 0.3 is 6.01 Å². The second-order valence-corrected chi connectivity index (χ2v) is 8.31. The van der Waals surface area contributed by atoms with Gasteiger partial charge in [0, 0.05) is 44.4 Å². The van der Waals surface area contributed by atoms with E-state index in [2.05, 4.69) is 30.3 Å². The lowest BCUT2D eigenvalue weighted by Crippen LogP contribution is -2.39. The zero-order valence-electron chi connectivity index (χ0n) is 18.7. The fraction of sp³-hybridized carbons (Fsp3) is 0.522. The van der Waals surface area contributed by atoms with E-state index in [9.17, 15) is 5.11 Å². The molecule has 1 aliphatic carbocycles. The number of aryl methyl sites for hydroxylation is 1. The number of ether oxygens (including phenoxy) is 3. The van der Waals surface area contributed by atoms with Crippen molar-refractivity contribution in [2.75, 3.05) is 76.1 Å². The Balaban J connectivity index is 1.30. The van der Waals surface area contributed by atoms with Gasteiger partial charge in [0.2, 0.25) is 0 Å². The highest BCUT2D eigenvalue weighted by molar-refractivity contribution is 6.04. The molecule has 0 amide bonds. The van der Waals surface area contributed by atoms with Crippen molar-refractivity contribution in [1.29, 1.82) is 0 Å². The van der Waals surface area contributed by atoms with Crippen molar-refractivity contribution < 1.29 is 19.3 Å². The van der Waals surface area contributed by atoms with Crippen LogP contribution in [0.25, 0.3) is 0 Å². The number of hydrogen-bond acceptors (Lipinski definition) is 10. The second-order valence-electron chi connectivity index (χ2n) is 8.31. The Hall–Kier alpha value is -2.95. The van der Waals surface area contributed by atoms with Crippen molar-refractivity contribution in [3.63, 3.8) is 0 Å². The number of phenolic OH excluding ortho intramolecular Hbond substituents is 1. The molecule has 10 nitrogen and oxygen atoms in total. The molecule has 0 bridgehead atoms. The lowest BCUT2D eigenvalue weighted by atomic mass is 10.1. The molecular formula is C23H30N6O4. The number of hydrazone groups is 1. The smallest absolute Gasteiger partial charge is 0.320 e. The van der Waals surface area contributed by atoms with Crippen LogP contribution in [0, 0.1) is 0 Å². The Morgan fingerprint density at radius 3 is 2.61 bits per heavy atom. The van der Waals surface area contributed by atoms with Gasteiger partial charge < -0.3 is 24.2 Å². The number of phenols is 1. The molecule has 2 aromatic rings. The Bertz CT molecular complexity index is 989. The van der Waals surface area contributed by atoms with E-state index in [1.165, 1.54) is 0 Å². The van der Waals surface area contributed by atoms with E-state index >= 15 is 0 Å². The Kier molecular flexibility index (Phi) is 6.84. The van der Waals surface area contributed by atoms with Gasteiger partial charge in [-0.1, -0.05) is 0 Å². The summed E-state index contributed by atoms with van der Waals surface area (Å²) in [6, 6.07) is 7.65. The Labute approximate surface area is 193 Å². The number of nitrogens with zero attached hydrogens (tertiary/aromatic N) is 5. The van der Waals surface area contributed by atoms with Gasteiger partial charge in [-0.25, -0.2) is 0 Å². The van der Waals surface area contributed by atoms with Crippen LogP contribution in [-0.4, -0.2) is 91.4 Å². The number of anilines is 2. The Morgan fingerprint density at radius 1 is 1.00 bits per heavy atom. The van der Waals surface area contributed by atoms with E-state index in [0.717, 1.165) is 81.4 Å². The maximum atomic E-state index is 9.72. The van der Waals surface area contributed by atoms with Crippen LogP contribution >= 0.6 is 0 Å². The zero-order chi connectivity index (χ0) is 22.5. The maximum absolute atomic E-state index is 9.72. The molecule has 0 radical (unpaired) electrons. The summed E-state index contributed by atoms with van der Waals surface area (Å²) in [6.45, 7) is 7.58. The average Bonchev–Trinajstić information content (AvgIpc) is 3.26. The van der Waals surface area contributed by atoms with Crippen molar-refractivity contribution >= 4 is 17.3 Å². The van der Waals surface area contributed by atoms with Gasteiger partial charge in [0.25, 0.3) is 0 Å². The number of rotatable bonds is 7. The number of benzene rings is 1. The summed E-state index contributed by atoms with van der Waals surface area (Å²) < 4.78 is 16.8. The summed E-state index contributed by atoms with van der Waals surface area (Å²) in [5.74, 6) is 1.68. The summed E-state index contributed by atoms with van der Waals surface area (Å²) in [5.41, 5.74) is 6.23. The minimum absolute atomic E-state index is 0.285. The molecule has 3 heterocycles. The highest BCUT2D eigenvalue weighted by atomic mass is 16.5. The molecule has 2 fully saturated rings. The van der Waals surface area contributed by atoms with Crippen molar-refractivity contribution in [2.24, 2.45) is 5.10 Å². The number of aromatic nitrogens is 2. The molecule has 0 spiro atoms. The van der Waals surface area contributed by atoms with E-state index in [-0.39, 0.29) is 5.75 Å². The number of fused-ring (bicyclic) bond motifs is 1. The first kappa shape index (κ1) is 21.9. The third kappa shape index (κ3) is 5.52. The summed E-state index contributed by atoms with van der Waals surface area (Å²) in [4.78, 5) is 13.7. The monoisotopic (exact) mass is 454 g/mol. The largest absolute Gasteiger partial charge is 0.508 e. The predicted molar refractivity (Wildman–Crippen MR) is 124 cm³/mol. The van der Waals surface area contributed by atoms with Gasteiger partial charge in [0.05, 0.1) is 32.1 Å². The molecule has 2 saturated heterocycles. The van der Waals surface area contributed by atoms with Crippen molar-refractivity contribution in [3.05, 3.63) is 35.4 Å². The lowest BCUT2D eigenvalue weighted by molar-refractivity contribution is 0.0317. The number of nitrogens with one attached hydrogen (secondary N) is 1. The fourth-order valence-electron chi connectivity index (χ4n) is 4.28. The van der Waals surface area contributed by atoms with Crippen molar-refractivity contribution in [2.45, 2.75) is 12.8 Å². The molecule has 2 N–H and O–H groups in total. The SMILES string of the molecule is Oc1ccc2c(c1)CC/C2=N\Nc1cc(N2CCOCC2)nc(OCCN2CCOCC2)n1. The third-order valence-corrected chi connectivity index (χ3v) is 6.11. The molecule has 10 heteroatoms. The zero-order valence-corrected chi connectivity index (χ0v) is 18.7. The fourth-order valence-corrected chi connectivity index (χ4v) is 4.28. The van der Waals surface area contributed by atoms with E-state index in [0.29, 0.717) is 31.6 Å². The molecule has 1 aromatic carbocycles. The lowest BCUT2D eigenvalue weighted by Gasteiger charge is -2.28. The summed E-state index contributed by atoms with van der Waals surface area (Å²) in [7, 11) is 0. The van der Waals surface area contributed by atoms with Crippen LogP contribution in [0.3, 0.4) is 0 Å². The first-order chi connectivity index (χ1) is 16.2. The van der Waals surface area contributed by atoms with Gasteiger partial charge in [-0.2, -0.15) is 15.1 Å². The van der Waals surface area contributed by atoms with Crippen molar-refractivity contribution in [1.82, 2.24) is 14.9 Å². The van der Waals surface area contributed by atoms with Crippen LogP contribution in [-0.2, 0) is 15.9 Å². The van der Waals surface area contributed by atoms with Gasteiger partial charge in [0.1, 0.15) is 18.2 Å². The van der Waals surface area contributed by atoms with Crippen LogP contribution < -0.4 is 15.1 Å². The number of hydrogen-bond donors (Lipinski definition) is 2. The summed E-state index contributed by atoms with van der Waals surface area (Å²) >= 11 is 0. The molecular weight excluding hydrogens is 424 g/mol. The second kappa shape index (κ2) is 10.3. The molecule has 0 saturated carbocycles. The standard InChI is InChI=1S/C23H30N6O4/c30-18-2-3-19-17(15-18)1-4-20(19)26-27-21-16-22(29-8-12-32-13-9-29)25-23(24-21)33-14-7-28-5-10-31-11-6-28/h2-3,15-16,30H,1,4-14H2,(H,24,25,27)/b26-20+. The molecule has 5 rings (SSSR count). The highest BCUT2D eigenvalue weighted by Crippen LogP contribution is 2.27. The molecule has 0 unspecified atom stereocenters. The van der Waals surface area contributed by atoms with Crippen LogP contribution in [0.4, 0.5) is 11.6 Å². The molecule has 33 heavy (non-hydrogen) atoms. The minimum atomic E-state index is 0.285.